The second-order valence-electron chi connectivity index (χ2n) is 7.19. The van der Waals surface area contributed by atoms with Crippen molar-refractivity contribution in [3.8, 4) is 0 Å². The maximum atomic E-state index is 13.8. The smallest absolute Gasteiger partial charge is 0.194 e. The Morgan fingerprint density at radius 1 is 1.00 bits per heavy atom. The lowest BCUT2D eigenvalue weighted by atomic mass is 9.68. The van der Waals surface area contributed by atoms with E-state index in [0.717, 1.165) is 37.8 Å². The van der Waals surface area contributed by atoms with Gasteiger partial charge in [-0.25, -0.2) is 13.2 Å². The third-order valence-electron chi connectivity index (χ3n) is 4.83. The van der Waals surface area contributed by atoms with E-state index in [-0.39, 0.29) is 16.9 Å². The number of aliphatic hydroxyl groups excluding tert-OH is 1. The first kappa shape index (κ1) is 16.3. The Morgan fingerprint density at radius 2 is 1.57 bits per heavy atom. The zero-order valence-corrected chi connectivity index (χ0v) is 12.8. The van der Waals surface area contributed by atoms with Gasteiger partial charge in [0, 0.05) is 5.56 Å². The van der Waals surface area contributed by atoms with Crippen molar-refractivity contribution in [3.05, 3.63) is 35.1 Å². The Bertz CT molecular complexity index is 499. The van der Waals surface area contributed by atoms with Crippen molar-refractivity contribution >= 4 is 0 Å². The van der Waals surface area contributed by atoms with E-state index in [1.54, 1.807) is 0 Å². The van der Waals surface area contributed by atoms with E-state index >= 15 is 0 Å². The lowest BCUT2D eigenvalue weighted by Gasteiger charge is -2.38. The molecule has 0 amide bonds. The molecule has 0 radical (unpaired) electrons. The van der Waals surface area contributed by atoms with Gasteiger partial charge in [-0.05, 0) is 49.0 Å². The molecule has 0 saturated heterocycles. The van der Waals surface area contributed by atoms with Gasteiger partial charge in [0.15, 0.2) is 17.5 Å². The molecule has 2 rings (SSSR count). The molecular formula is C17H23F3O. The van der Waals surface area contributed by atoms with Gasteiger partial charge in [0.1, 0.15) is 0 Å². The zero-order chi connectivity index (χ0) is 15.8. The molecule has 0 aromatic heterocycles. The van der Waals surface area contributed by atoms with Gasteiger partial charge in [-0.15, -0.1) is 0 Å². The van der Waals surface area contributed by atoms with Gasteiger partial charge >= 0.3 is 0 Å². The number of halogens is 3. The first-order chi connectivity index (χ1) is 9.71. The Kier molecular flexibility index (Phi) is 4.66. The van der Waals surface area contributed by atoms with Gasteiger partial charge in [0.05, 0.1) is 6.10 Å². The van der Waals surface area contributed by atoms with E-state index in [2.05, 4.69) is 20.8 Å². The number of hydrogen-bond donors (Lipinski definition) is 1. The molecule has 1 N–H and O–H groups in total. The molecule has 1 unspecified atom stereocenters. The third kappa shape index (κ3) is 3.42. The summed E-state index contributed by atoms with van der Waals surface area (Å²) in [6.07, 6.45) is 2.43. The van der Waals surface area contributed by atoms with Crippen molar-refractivity contribution in [2.24, 2.45) is 17.3 Å². The van der Waals surface area contributed by atoms with Crippen LogP contribution in [0.4, 0.5) is 13.2 Å². The molecule has 0 spiro atoms. The average Bonchev–Trinajstić information content (AvgIpc) is 2.43. The van der Waals surface area contributed by atoms with Crippen LogP contribution in [0.2, 0.25) is 0 Å². The van der Waals surface area contributed by atoms with E-state index in [0.29, 0.717) is 5.92 Å². The highest BCUT2D eigenvalue weighted by Gasteiger charge is 2.34. The first-order valence-corrected chi connectivity index (χ1v) is 7.53. The summed E-state index contributed by atoms with van der Waals surface area (Å²) in [7, 11) is 0. The molecule has 1 fully saturated rings. The van der Waals surface area contributed by atoms with Crippen molar-refractivity contribution in [3.63, 3.8) is 0 Å². The Balaban J connectivity index is 2.09. The molecule has 0 aliphatic heterocycles. The van der Waals surface area contributed by atoms with E-state index < -0.39 is 23.6 Å². The summed E-state index contributed by atoms with van der Waals surface area (Å²) in [5.74, 6) is -3.51. The molecule has 21 heavy (non-hydrogen) atoms. The Morgan fingerprint density at radius 3 is 2.10 bits per heavy atom. The minimum Gasteiger partial charge on any atom is -0.388 e. The van der Waals surface area contributed by atoms with Crippen LogP contribution in [-0.4, -0.2) is 5.11 Å². The van der Waals surface area contributed by atoms with E-state index in [4.69, 9.17) is 0 Å². The van der Waals surface area contributed by atoms with Crippen molar-refractivity contribution in [1.82, 2.24) is 0 Å². The average molecular weight is 300 g/mol. The first-order valence-electron chi connectivity index (χ1n) is 7.53. The van der Waals surface area contributed by atoms with Crippen molar-refractivity contribution in [1.29, 1.82) is 0 Å². The maximum absolute atomic E-state index is 13.8. The highest BCUT2D eigenvalue weighted by Crippen LogP contribution is 2.43. The molecule has 1 aliphatic rings. The van der Waals surface area contributed by atoms with Gasteiger partial charge in [0.2, 0.25) is 0 Å². The van der Waals surface area contributed by atoms with Crippen LogP contribution in [0.15, 0.2) is 12.1 Å². The normalized spacial score (nSPS) is 24.9. The summed E-state index contributed by atoms with van der Waals surface area (Å²) in [6.45, 7) is 6.59. The summed E-state index contributed by atoms with van der Waals surface area (Å²) in [6, 6.07) is 2.02. The number of rotatable bonds is 2. The molecule has 1 aliphatic carbocycles. The van der Waals surface area contributed by atoms with Crippen LogP contribution in [0.5, 0.6) is 0 Å². The van der Waals surface area contributed by atoms with Crippen molar-refractivity contribution < 1.29 is 18.3 Å². The third-order valence-corrected chi connectivity index (χ3v) is 4.83. The van der Waals surface area contributed by atoms with Crippen LogP contribution in [0.3, 0.4) is 0 Å². The van der Waals surface area contributed by atoms with Crippen molar-refractivity contribution in [2.75, 3.05) is 0 Å². The Labute approximate surface area is 124 Å². The number of benzene rings is 1. The molecule has 0 bridgehead atoms. The summed E-state index contributed by atoms with van der Waals surface area (Å²) in [4.78, 5) is 0. The van der Waals surface area contributed by atoms with E-state index in [9.17, 15) is 18.3 Å². The molecule has 1 nitrogen and oxygen atoms in total. The van der Waals surface area contributed by atoms with Crippen LogP contribution < -0.4 is 0 Å². The number of aliphatic hydroxyl groups is 1. The van der Waals surface area contributed by atoms with Crippen LogP contribution in [0.1, 0.15) is 58.1 Å². The fourth-order valence-corrected chi connectivity index (χ4v) is 3.32. The van der Waals surface area contributed by atoms with Gasteiger partial charge in [-0.1, -0.05) is 26.8 Å². The van der Waals surface area contributed by atoms with Crippen LogP contribution in [0.25, 0.3) is 0 Å². The quantitative estimate of drug-likeness (QED) is 0.763. The summed E-state index contributed by atoms with van der Waals surface area (Å²) in [5.41, 5.74) is 0.0940. The molecule has 1 saturated carbocycles. The fraction of sp³-hybridized carbons (Fsp3) is 0.647. The topological polar surface area (TPSA) is 20.2 Å². The predicted octanol–water partition coefficient (Wildman–Crippen LogP) is 4.99. The largest absolute Gasteiger partial charge is 0.388 e. The zero-order valence-electron chi connectivity index (χ0n) is 12.8. The van der Waals surface area contributed by atoms with Crippen LogP contribution >= 0.6 is 0 Å². The van der Waals surface area contributed by atoms with Gasteiger partial charge in [-0.2, -0.15) is 0 Å². The molecule has 4 heteroatoms. The SMILES string of the molecule is CC(C)(C)C1CCC(C(O)c2ccc(F)c(F)c2F)CC1. The summed E-state index contributed by atoms with van der Waals surface area (Å²) >= 11 is 0. The van der Waals surface area contributed by atoms with Crippen LogP contribution in [-0.2, 0) is 0 Å². The fourth-order valence-electron chi connectivity index (χ4n) is 3.32. The van der Waals surface area contributed by atoms with E-state index in [1.807, 2.05) is 0 Å². The molecule has 0 heterocycles. The second kappa shape index (κ2) is 5.99. The van der Waals surface area contributed by atoms with Gasteiger partial charge < -0.3 is 5.11 Å². The minimum atomic E-state index is -1.50. The summed E-state index contributed by atoms with van der Waals surface area (Å²) < 4.78 is 40.0. The van der Waals surface area contributed by atoms with Gasteiger partial charge in [-0.3, -0.25) is 0 Å². The lowest BCUT2D eigenvalue weighted by molar-refractivity contribution is 0.0501. The van der Waals surface area contributed by atoms with Crippen molar-refractivity contribution in [2.45, 2.75) is 52.6 Å². The summed E-state index contributed by atoms with van der Waals surface area (Å²) in [5, 5.41) is 10.3. The molecule has 118 valence electrons. The molecule has 1 aromatic carbocycles. The van der Waals surface area contributed by atoms with E-state index in [1.165, 1.54) is 0 Å². The van der Waals surface area contributed by atoms with Crippen LogP contribution in [0, 0.1) is 34.7 Å². The highest BCUT2D eigenvalue weighted by atomic mass is 19.2. The highest BCUT2D eigenvalue weighted by molar-refractivity contribution is 5.23. The molecule has 1 atom stereocenters. The lowest BCUT2D eigenvalue weighted by Crippen LogP contribution is -2.28. The second-order valence-corrected chi connectivity index (χ2v) is 7.19. The Hall–Kier alpha value is -1.03. The number of hydrogen-bond acceptors (Lipinski definition) is 1. The predicted molar refractivity (Wildman–Crippen MR) is 76.2 cm³/mol. The monoisotopic (exact) mass is 300 g/mol. The maximum Gasteiger partial charge on any atom is 0.194 e. The van der Waals surface area contributed by atoms with Gasteiger partial charge in [0.25, 0.3) is 0 Å². The standard InChI is InChI=1S/C17H23F3O/c1-17(2,3)11-6-4-10(5-7-11)16(21)12-8-9-13(18)15(20)14(12)19/h8-11,16,21H,4-7H2,1-3H3. The molecule has 1 aromatic rings. The molecular weight excluding hydrogens is 277 g/mol. The minimum absolute atomic E-state index is 0.0945.